The summed E-state index contributed by atoms with van der Waals surface area (Å²) in [5.74, 6) is 1.49. The van der Waals surface area contributed by atoms with Gasteiger partial charge in [0.1, 0.15) is 0 Å². The first-order chi connectivity index (χ1) is 11.3. The van der Waals surface area contributed by atoms with Crippen molar-refractivity contribution in [3.8, 4) is 17.7 Å². The Hall–Kier alpha value is -3.32. The van der Waals surface area contributed by atoms with E-state index in [0.29, 0.717) is 12.1 Å². The van der Waals surface area contributed by atoms with Crippen LogP contribution in [0.5, 0.6) is 0 Å². The topological polar surface area (TPSA) is 54.8 Å². The smallest absolute Gasteiger partial charge is 0.177 e. The summed E-state index contributed by atoms with van der Waals surface area (Å²) >= 11 is 0. The fourth-order valence-corrected chi connectivity index (χ4v) is 2.71. The van der Waals surface area contributed by atoms with Crippen molar-refractivity contribution in [3.05, 3.63) is 78.1 Å². The Labute approximate surface area is 133 Å². The van der Waals surface area contributed by atoms with Gasteiger partial charge >= 0.3 is 0 Å². The third-order valence-electron chi connectivity index (χ3n) is 3.80. The van der Waals surface area contributed by atoms with Crippen LogP contribution in [0, 0.1) is 11.3 Å². The van der Waals surface area contributed by atoms with E-state index in [0.717, 1.165) is 22.6 Å². The van der Waals surface area contributed by atoms with Crippen LogP contribution in [0.3, 0.4) is 0 Å². The average Bonchev–Trinajstić information content (AvgIpc) is 3.23. The van der Waals surface area contributed by atoms with Gasteiger partial charge in [-0.05, 0) is 35.9 Å². The predicted molar refractivity (Wildman–Crippen MR) is 87.7 cm³/mol. The number of fused-ring (bicyclic) bond motifs is 1. The van der Waals surface area contributed by atoms with E-state index in [2.05, 4.69) is 27.8 Å². The molecule has 4 nitrogen and oxygen atoms in total. The molecule has 4 rings (SSSR count). The first-order valence-electron chi connectivity index (χ1n) is 7.33. The second kappa shape index (κ2) is 5.47. The quantitative estimate of drug-likeness (QED) is 0.569. The summed E-state index contributed by atoms with van der Waals surface area (Å²) < 4.78 is 7.62. The maximum Gasteiger partial charge on any atom is 0.177 e. The van der Waals surface area contributed by atoms with Crippen LogP contribution in [0.25, 0.3) is 22.6 Å². The van der Waals surface area contributed by atoms with E-state index >= 15 is 0 Å². The largest absolute Gasteiger partial charge is 0.461 e. The molecule has 110 valence electrons. The Kier molecular flexibility index (Phi) is 3.17. The molecule has 0 radical (unpaired) electrons. The van der Waals surface area contributed by atoms with Crippen molar-refractivity contribution < 1.29 is 4.42 Å². The number of nitriles is 1. The minimum atomic E-state index is 0.623. The number of aromatic nitrogens is 2. The molecule has 0 unspecified atom stereocenters. The van der Waals surface area contributed by atoms with Gasteiger partial charge in [0.15, 0.2) is 11.6 Å². The van der Waals surface area contributed by atoms with Crippen molar-refractivity contribution >= 4 is 11.0 Å². The lowest BCUT2D eigenvalue weighted by molar-refractivity contribution is 0.572. The monoisotopic (exact) mass is 299 g/mol. The number of benzene rings is 2. The van der Waals surface area contributed by atoms with Gasteiger partial charge in [-0.15, -0.1) is 0 Å². The predicted octanol–water partition coefficient (Wildman–Crippen LogP) is 4.22. The molecule has 0 atom stereocenters. The minimum Gasteiger partial charge on any atom is -0.461 e. The number of imidazole rings is 1. The van der Waals surface area contributed by atoms with E-state index in [9.17, 15) is 5.26 Å². The molecule has 23 heavy (non-hydrogen) atoms. The van der Waals surface area contributed by atoms with E-state index in [1.165, 1.54) is 5.56 Å². The zero-order valence-corrected chi connectivity index (χ0v) is 12.3. The molecule has 2 heterocycles. The van der Waals surface area contributed by atoms with Gasteiger partial charge in [-0.3, -0.25) is 0 Å². The summed E-state index contributed by atoms with van der Waals surface area (Å²) in [6.07, 6.45) is 1.64. The molecular formula is C19H13N3O. The molecule has 0 aliphatic carbocycles. The molecule has 0 spiro atoms. The van der Waals surface area contributed by atoms with Gasteiger partial charge in [-0.25, -0.2) is 4.98 Å². The summed E-state index contributed by atoms with van der Waals surface area (Å²) in [6, 6.07) is 21.6. The Morgan fingerprint density at radius 3 is 2.65 bits per heavy atom. The standard InChI is InChI=1S/C19H13N3O/c20-12-15-8-9-16-17(11-15)22(13-14-5-2-1-3-6-14)19(21-16)18-7-4-10-23-18/h1-11H,13H2. The van der Waals surface area contributed by atoms with Crippen LogP contribution in [-0.2, 0) is 6.54 Å². The first kappa shape index (κ1) is 13.4. The summed E-state index contributed by atoms with van der Waals surface area (Å²) in [4.78, 5) is 4.69. The highest BCUT2D eigenvalue weighted by atomic mass is 16.3. The Morgan fingerprint density at radius 1 is 1.04 bits per heavy atom. The molecule has 0 saturated heterocycles. The molecule has 0 bridgehead atoms. The van der Waals surface area contributed by atoms with Gasteiger partial charge in [0.25, 0.3) is 0 Å². The van der Waals surface area contributed by atoms with Crippen LogP contribution in [0.1, 0.15) is 11.1 Å². The average molecular weight is 299 g/mol. The Balaban J connectivity index is 1.94. The summed E-state index contributed by atoms with van der Waals surface area (Å²) in [5, 5.41) is 9.17. The van der Waals surface area contributed by atoms with Crippen molar-refractivity contribution in [2.24, 2.45) is 0 Å². The first-order valence-corrected chi connectivity index (χ1v) is 7.33. The number of rotatable bonds is 3. The van der Waals surface area contributed by atoms with Gasteiger partial charge in [0.05, 0.1) is 28.9 Å². The number of hydrogen-bond acceptors (Lipinski definition) is 3. The van der Waals surface area contributed by atoms with E-state index < -0.39 is 0 Å². The summed E-state index contributed by atoms with van der Waals surface area (Å²) in [5.41, 5.74) is 3.57. The Morgan fingerprint density at radius 2 is 1.91 bits per heavy atom. The third kappa shape index (κ3) is 2.39. The van der Waals surface area contributed by atoms with Crippen LogP contribution in [0.4, 0.5) is 0 Å². The van der Waals surface area contributed by atoms with Crippen molar-refractivity contribution in [3.63, 3.8) is 0 Å². The van der Waals surface area contributed by atoms with Gasteiger partial charge in [0.2, 0.25) is 0 Å². The lowest BCUT2D eigenvalue weighted by Crippen LogP contribution is -2.01. The number of nitrogens with zero attached hydrogens (tertiary/aromatic N) is 3. The van der Waals surface area contributed by atoms with E-state index in [-0.39, 0.29) is 0 Å². The van der Waals surface area contributed by atoms with Crippen LogP contribution >= 0.6 is 0 Å². The highest BCUT2D eigenvalue weighted by Crippen LogP contribution is 2.27. The molecule has 4 heteroatoms. The number of hydrogen-bond donors (Lipinski definition) is 0. The molecule has 0 fully saturated rings. The van der Waals surface area contributed by atoms with Crippen LogP contribution < -0.4 is 0 Å². The van der Waals surface area contributed by atoms with Crippen molar-refractivity contribution in [2.45, 2.75) is 6.54 Å². The lowest BCUT2D eigenvalue weighted by Gasteiger charge is -2.08. The van der Waals surface area contributed by atoms with E-state index in [1.54, 1.807) is 12.3 Å². The second-order valence-electron chi connectivity index (χ2n) is 5.30. The molecule has 0 N–H and O–H groups in total. The van der Waals surface area contributed by atoms with Crippen LogP contribution in [-0.4, -0.2) is 9.55 Å². The molecule has 0 amide bonds. The van der Waals surface area contributed by atoms with Crippen LogP contribution in [0.15, 0.2) is 71.3 Å². The molecule has 2 aromatic carbocycles. The maximum absolute atomic E-state index is 9.17. The fourth-order valence-electron chi connectivity index (χ4n) is 2.71. The number of furan rings is 1. The Bertz CT molecular complexity index is 992. The fraction of sp³-hybridized carbons (Fsp3) is 0.0526. The molecule has 2 aromatic heterocycles. The van der Waals surface area contributed by atoms with Crippen LogP contribution in [0.2, 0.25) is 0 Å². The molecule has 4 aromatic rings. The summed E-state index contributed by atoms with van der Waals surface area (Å²) in [7, 11) is 0. The highest BCUT2D eigenvalue weighted by Gasteiger charge is 2.15. The zero-order chi connectivity index (χ0) is 15.6. The van der Waals surface area contributed by atoms with Crippen molar-refractivity contribution in [1.82, 2.24) is 9.55 Å². The minimum absolute atomic E-state index is 0.623. The third-order valence-corrected chi connectivity index (χ3v) is 3.80. The zero-order valence-electron chi connectivity index (χ0n) is 12.3. The molecular weight excluding hydrogens is 286 g/mol. The maximum atomic E-state index is 9.17. The molecule has 0 saturated carbocycles. The highest BCUT2D eigenvalue weighted by molar-refractivity contribution is 5.81. The summed E-state index contributed by atoms with van der Waals surface area (Å²) in [6.45, 7) is 0.669. The lowest BCUT2D eigenvalue weighted by atomic mass is 10.2. The molecule has 0 aliphatic heterocycles. The second-order valence-corrected chi connectivity index (χ2v) is 5.30. The van der Waals surface area contributed by atoms with Crippen molar-refractivity contribution in [2.75, 3.05) is 0 Å². The van der Waals surface area contributed by atoms with E-state index in [1.807, 2.05) is 42.5 Å². The normalized spacial score (nSPS) is 10.7. The van der Waals surface area contributed by atoms with Gasteiger partial charge in [0, 0.05) is 6.54 Å². The SMILES string of the molecule is N#Cc1ccc2nc(-c3ccco3)n(Cc3ccccc3)c2c1. The van der Waals surface area contributed by atoms with Crippen molar-refractivity contribution in [1.29, 1.82) is 5.26 Å². The van der Waals surface area contributed by atoms with E-state index in [4.69, 9.17) is 4.42 Å². The van der Waals surface area contributed by atoms with Gasteiger partial charge in [-0.2, -0.15) is 5.26 Å². The van der Waals surface area contributed by atoms with Gasteiger partial charge < -0.3 is 8.98 Å². The molecule has 0 aliphatic rings. The van der Waals surface area contributed by atoms with Gasteiger partial charge in [-0.1, -0.05) is 30.3 Å².